The maximum Gasteiger partial charge on any atom is 0.139 e. The summed E-state index contributed by atoms with van der Waals surface area (Å²) in [4.78, 5) is 9.67. The lowest BCUT2D eigenvalue weighted by Crippen LogP contribution is -2.24. The monoisotopic (exact) mass is 464 g/mol. The van der Waals surface area contributed by atoms with Gasteiger partial charge in [0.15, 0.2) is 0 Å². The third-order valence-electron chi connectivity index (χ3n) is 7.36. The summed E-state index contributed by atoms with van der Waals surface area (Å²) in [6.45, 7) is 4.54. The van der Waals surface area contributed by atoms with Crippen molar-refractivity contribution in [1.82, 2.24) is 9.97 Å². The lowest BCUT2D eigenvalue weighted by molar-refractivity contribution is 0.419. The second-order valence-corrected chi connectivity index (χ2v) is 9.90. The summed E-state index contributed by atoms with van der Waals surface area (Å²) >= 11 is 0. The highest BCUT2D eigenvalue weighted by Crippen LogP contribution is 2.51. The highest BCUT2D eigenvalue weighted by Gasteiger charge is 2.35. The van der Waals surface area contributed by atoms with E-state index in [1.165, 1.54) is 11.1 Å². The Morgan fingerprint density at radius 3 is 2.31 bits per heavy atom. The largest absolute Gasteiger partial charge is 0.456 e. The summed E-state index contributed by atoms with van der Waals surface area (Å²) in [5.74, 6) is 1.86. The molecule has 0 N–H and O–H groups in total. The van der Waals surface area contributed by atoms with Crippen LogP contribution in [0.2, 0.25) is 0 Å². The molecule has 0 radical (unpaired) electrons. The van der Waals surface area contributed by atoms with Crippen molar-refractivity contribution in [3.8, 4) is 33.9 Å². The number of hydrogen-bond acceptors (Lipinski definition) is 3. The molecule has 1 aliphatic rings. The molecule has 172 valence electrons. The Labute approximate surface area is 210 Å². The van der Waals surface area contributed by atoms with Gasteiger partial charge in [0.1, 0.15) is 11.5 Å². The number of ether oxygens (including phenoxy) is 1. The van der Waals surface area contributed by atoms with Crippen LogP contribution < -0.4 is 4.74 Å². The van der Waals surface area contributed by atoms with Crippen molar-refractivity contribution in [2.24, 2.45) is 0 Å². The topological polar surface area (TPSA) is 35.0 Å². The fourth-order valence-corrected chi connectivity index (χ4v) is 5.42. The normalized spacial score (nSPS) is 13.7. The Morgan fingerprint density at radius 2 is 1.39 bits per heavy atom. The molecule has 3 nitrogen and oxygen atoms in total. The molecule has 0 atom stereocenters. The minimum absolute atomic E-state index is 0.147. The first-order valence-corrected chi connectivity index (χ1v) is 12.3. The Kier molecular flexibility index (Phi) is 4.49. The summed E-state index contributed by atoms with van der Waals surface area (Å²) in [5.41, 5.74) is 8.31. The van der Waals surface area contributed by atoms with Gasteiger partial charge in [0.25, 0.3) is 0 Å². The van der Waals surface area contributed by atoms with Crippen LogP contribution in [-0.4, -0.2) is 9.97 Å². The second-order valence-electron chi connectivity index (χ2n) is 9.90. The van der Waals surface area contributed by atoms with Crippen molar-refractivity contribution >= 4 is 21.8 Å². The van der Waals surface area contributed by atoms with E-state index in [-0.39, 0.29) is 5.41 Å². The average molecular weight is 465 g/mol. The lowest BCUT2D eigenvalue weighted by Gasteiger charge is -2.35. The van der Waals surface area contributed by atoms with E-state index in [2.05, 4.69) is 110 Å². The molecule has 7 rings (SSSR count). The molecule has 4 aromatic carbocycles. The zero-order chi connectivity index (χ0) is 24.3. The number of para-hydroxylation sites is 2. The second kappa shape index (κ2) is 7.76. The van der Waals surface area contributed by atoms with Gasteiger partial charge in [0.05, 0.1) is 16.7 Å². The molecule has 2 aromatic heterocycles. The number of rotatable bonds is 2. The van der Waals surface area contributed by atoms with Crippen LogP contribution in [0, 0.1) is 0 Å². The van der Waals surface area contributed by atoms with Crippen molar-refractivity contribution in [3.05, 3.63) is 120 Å². The number of aromatic nitrogens is 2. The van der Waals surface area contributed by atoms with Crippen molar-refractivity contribution in [2.45, 2.75) is 19.3 Å². The van der Waals surface area contributed by atoms with Gasteiger partial charge in [-0.1, -0.05) is 92.7 Å². The molecular weight excluding hydrogens is 440 g/mol. The highest BCUT2D eigenvalue weighted by atomic mass is 16.5. The van der Waals surface area contributed by atoms with Crippen molar-refractivity contribution in [3.63, 3.8) is 0 Å². The Bertz CT molecular complexity index is 1800. The maximum absolute atomic E-state index is 6.53. The molecule has 3 heteroatoms. The van der Waals surface area contributed by atoms with Crippen molar-refractivity contribution < 1.29 is 4.74 Å². The smallest absolute Gasteiger partial charge is 0.139 e. The highest BCUT2D eigenvalue weighted by molar-refractivity contribution is 6.03. The van der Waals surface area contributed by atoms with Crippen molar-refractivity contribution in [1.29, 1.82) is 0 Å². The van der Waals surface area contributed by atoms with Crippen LogP contribution in [0.3, 0.4) is 0 Å². The standard InChI is InChI=1S/C33H24N2O/c1-33(2)26-12-3-4-14-29(26)36-32-25(11-6-13-27(32)33)23-8-5-9-24(20-23)28-18-17-22-16-15-21-10-7-19-34-30(21)31(22)35-28/h3-20H,1-2H3. The van der Waals surface area contributed by atoms with Gasteiger partial charge in [0.2, 0.25) is 0 Å². The number of nitrogens with zero attached hydrogens (tertiary/aromatic N) is 2. The van der Waals surface area contributed by atoms with Gasteiger partial charge < -0.3 is 4.74 Å². The third-order valence-corrected chi connectivity index (χ3v) is 7.36. The van der Waals surface area contributed by atoms with E-state index in [9.17, 15) is 0 Å². The van der Waals surface area contributed by atoms with Crippen LogP contribution in [-0.2, 0) is 5.41 Å². The molecule has 0 saturated heterocycles. The van der Waals surface area contributed by atoms with E-state index in [4.69, 9.17) is 9.72 Å². The molecule has 0 bridgehead atoms. The van der Waals surface area contributed by atoms with Crippen LogP contribution in [0.4, 0.5) is 0 Å². The van der Waals surface area contributed by atoms with Gasteiger partial charge in [-0.2, -0.15) is 0 Å². The minimum atomic E-state index is -0.147. The number of fused-ring (bicyclic) bond motifs is 5. The van der Waals surface area contributed by atoms with Crippen LogP contribution in [0.5, 0.6) is 11.5 Å². The van der Waals surface area contributed by atoms with Crippen LogP contribution in [0.15, 0.2) is 109 Å². The predicted molar refractivity (Wildman–Crippen MR) is 147 cm³/mol. The fourth-order valence-electron chi connectivity index (χ4n) is 5.42. The van der Waals surface area contributed by atoms with E-state index >= 15 is 0 Å². The van der Waals surface area contributed by atoms with Gasteiger partial charge >= 0.3 is 0 Å². The molecule has 0 unspecified atom stereocenters. The number of hydrogen-bond donors (Lipinski definition) is 0. The summed E-state index contributed by atoms with van der Waals surface area (Å²) in [6.07, 6.45) is 1.83. The van der Waals surface area contributed by atoms with Crippen LogP contribution in [0.1, 0.15) is 25.0 Å². The molecule has 0 fully saturated rings. The first-order valence-electron chi connectivity index (χ1n) is 12.3. The zero-order valence-electron chi connectivity index (χ0n) is 20.2. The molecule has 0 aliphatic carbocycles. The third kappa shape index (κ3) is 3.13. The SMILES string of the molecule is CC1(C)c2ccccc2Oc2c(-c3cccc(-c4ccc5ccc6cccnc6c5n4)c3)cccc21. The first-order chi connectivity index (χ1) is 17.6. The first kappa shape index (κ1) is 20.8. The Hall–Kier alpha value is -4.50. The zero-order valence-corrected chi connectivity index (χ0v) is 20.2. The van der Waals surface area contributed by atoms with E-state index in [1.807, 2.05) is 18.3 Å². The van der Waals surface area contributed by atoms with Crippen LogP contribution in [0.25, 0.3) is 44.2 Å². The van der Waals surface area contributed by atoms with E-state index in [1.54, 1.807) is 0 Å². The summed E-state index contributed by atoms with van der Waals surface area (Å²) in [7, 11) is 0. The maximum atomic E-state index is 6.53. The van der Waals surface area contributed by atoms with Gasteiger partial charge in [-0.25, -0.2) is 4.98 Å². The summed E-state index contributed by atoms with van der Waals surface area (Å²) in [5, 5.41) is 2.19. The van der Waals surface area contributed by atoms with Gasteiger partial charge in [-0.15, -0.1) is 0 Å². The summed E-state index contributed by atoms with van der Waals surface area (Å²) < 4.78 is 6.53. The van der Waals surface area contributed by atoms with Gasteiger partial charge in [0, 0.05) is 44.6 Å². The predicted octanol–water partition coefficient (Wildman–Crippen LogP) is 8.55. The summed E-state index contributed by atoms with van der Waals surface area (Å²) in [6, 6.07) is 35.8. The average Bonchev–Trinajstić information content (AvgIpc) is 2.93. The van der Waals surface area contributed by atoms with E-state index in [0.29, 0.717) is 0 Å². The van der Waals surface area contributed by atoms with Gasteiger partial charge in [-0.05, 0) is 29.8 Å². The number of pyridine rings is 2. The quantitative estimate of drug-likeness (QED) is 0.241. The van der Waals surface area contributed by atoms with Crippen molar-refractivity contribution in [2.75, 3.05) is 0 Å². The molecular formula is C33H24N2O. The van der Waals surface area contributed by atoms with E-state index in [0.717, 1.165) is 55.7 Å². The van der Waals surface area contributed by atoms with E-state index < -0.39 is 0 Å². The van der Waals surface area contributed by atoms with Gasteiger partial charge in [-0.3, -0.25) is 4.98 Å². The molecule has 3 heterocycles. The number of benzene rings is 4. The molecule has 1 aliphatic heterocycles. The molecule has 0 spiro atoms. The molecule has 0 amide bonds. The molecule has 36 heavy (non-hydrogen) atoms. The fraction of sp³-hybridized carbons (Fsp3) is 0.0909. The lowest BCUT2D eigenvalue weighted by atomic mass is 9.75. The molecule has 0 saturated carbocycles. The molecule has 6 aromatic rings. The Balaban J connectivity index is 1.37. The minimum Gasteiger partial charge on any atom is -0.456 e. The van der Waals surface area contributed by atoms with Crippen LogP contribution >= 0.6 is 0 Å². The Morgan fingerprint density at radius 1 is 0.639 bits per heavy atom.